The van der Waals surface area contributed by atoms with Crippen LogP contribution in [-0.4, -0.2) is 32.6 Å². The lowest BCUT2D eigenvalue weighted by Crippen LogP contribution is -2.36. The van der Waals surface area contributed by atoms with Crippen molar-refractivity contribution in [3.8, 4) is 11.5 Å². The Morgan fingerprint density at radius 3 is 2.19 bits per heavy atom. The third-order valence-corrected chi connectivity index (χ3v) is 4.22. The monoisotopic (exact) mass is 396 g/mol. The molecule has 0 aromatic heterocycles. The van der Waals surface area contributed by atoms with E-state index >= 15 is 0 Å². The number of hydrogen-bond donors (Lipinski definition) is 1. The average Bonchev–Trinajstić information content (AvgIpc) is 2.62. The highest BCUT2D eigenvalue weighted by atomic mass is 35.5. The van der Waals surface area contributed by atoms with Crippen molar-refractivity contribution in [2.75, 3.05) is 31.0 Å². The van der Waals surface area contributed by atoms with E-state index in [0.717, 1.165) is 0 Å². The predicted molar refractivity (Wildman–Crippen MR) is 103 cm³/mol. The maximum absolute atomic E-state index is 12.4. The highest BCUT2D eigenvalue weighted by molar-refractivity contribution is 6.39. The van der Waals surface area contributed by atoms with Crippen molar-refractivity contribution in [1.29, 1.82) is 0 Å². The lowest BCUT2D eigenvalue weighted by molar-refractivity contribution is -0.120. The lowest BCUT2D eigenvalue weighted by atomic mass is 10.2. The molecule has 0 radical (unpaired) electrons. The lowest BCUT2D eigenvalue weighted by Gasteiger charge is -2.22. The molecule has 1 N–H and O–H groups in total. The first-order chi connectivity index (χ1) is 12.4. The van der Waals surface area contributed by atoms with Gasteiger partial charge in [0.2, 0.25) is 11.8 Å². The predicted octanol–water partition coefficient (Wildman–Crippen LogP) is 4.00. The zero-order chi connectivity index (χ0) is 19.3. The zero-order valence-corrected chi connectivity index (χ0v) is 16.0. The summed E-state index contributed by atoms with van der Waals surface area (Å²) in [5, 5.41) is 3.25. The van der Waals surface area contributed by atoms with Crippen LogP contribution in [0, 0.1) is 0 Å². The summed E-state index contributed by atoms with van der Waals surface area (Å²) in [6, 6.07) is 9.84. The molecule has 0 atom stereocenters. The third-order valence-electron chi connectivity index (χ3n) is 3.59. The highest BCUT2D eigenvalue weighted by Gasteiger charge is 2.19. The summed E-state index contributed by atoms with van der Waals surface area (Å²) < 4.78 is 10.4. The molecule has 0 aliphatic rings. The van der Waals surface area contributed by atoms with Crippen molar-refractivity contribution in [3.05, 3.63) is 46.4 Å². The standard InChI is InChI=1S/C18H18Cl2N2O4/c1-11(23)22(12-7-8-15(25-2)16(9-12)26-3)10-17(24)21-18-13(19)5-4-6-14(18)20/h4-9H,10H2,1-3H3,(H,21,24). The number of hydrogen-bond acceptors (Lipinski definition) is 4. The number of carbonyl (C=O) groups excluding carboxylic acids is 2. The van der Waals surface area contributed by atoms with Crippen LogP contribution in [-0.2, 0) is 9.59 Å². The maximum atomic E-state index is 12.4. The Bertz CT molecular complexity index is 807. The van der Waals surface area contributed by atoms with Gasteiger partial charge in [0, 0.05) is 18.7 Å². The van der Waals surface area contributed by atoms with Gasteiger partial charge in [-0.1, -0.05) is 29.3 Å². The van der Waals surface area contributed by atoms with Gasteiger partial charge >= 0.3 is 0 Å². The topological polar surface area (TPSA) is 67.9 Å². The number of ether oxygens (including phenoxy) is 2. The summed E-state index contributed by atoms with van der Waals surface area (Å²) in [4.78, 5) is 25.8. The SMILES string of the molecule is COc1ccc(N(CC(=O)Nc2c(Cl)cccc2Cl)C(C)=O)cc1OC. The summed E-state index contributed by atoms with van der Waals surface area (Å²) in [5.74, 6) is 0.223. The quantitative estimate of drug-likeness (QED) is 0.800. The van der Waals surface area contributed by atoms with Crippen LogP contribution in [0.5, 0.6) is 11.5 Å². The molecule has 0 aliphatic heterocycles. The molecule has 2 aromatic carbocycles. The third kappa shape index (κ3) is 4.59. The fraction of sp³-hybridized carbons (Fsp3) is 0.222. The molecule has 0 saturated heterocycles. The van der Waals surface area contributed by atoms with E-state index in [1.165, 1.54) is 26.0 Å². The van der Waals surface area contributed by atoms with Gasteiger partial charge in [-0.15, -0.1) is 0 Å². The van der Waals surface area contributed by atoms with Gasteiger partial charge in [0.15, 0.2) is 11.5 Å². The minimum absolute atomic E-state index is 0.216. The molecule has 0 heterocycles. The van der Waals surface area contributed by atoms with Gasteiger partial charge in [-0.25, -0.2) is 0 Å². The summed E-state index contributed by atoms with van der Waals surface area (Å²) in [7, 11) is 3.01. The van der Waals surface area contributed by atoms with E-state index in [4.69, 9.17) is 32.7 Å². The second-order valence-corrected chi connectivity index (χ2v) is 6.10. The van der Waals surface area contributed by atoms with Gasteiger partial charge in [-0.3, -0.25) is 9.59 Å². The zero-order valence-electron chi connectivity index (χ0n) is 14.5. The second-order valence-electron chi connectivity index (χ2n) is 5.29. The molecule has 138 valence electrons. The van der Waals surface area contributed by atoms with Crippen LogP contribution in [0.1, 0.15) is 6.92 Å². The molecule has 0 aliphatic carbocycles. The van der Waals surface area contributed by atoms with Crippen molar-refractivity contribution in [2.45, 2.75) is 6.92 Å². The Morgan fingerprint density at radius 2 is 1.65 bits per heavy atom. The van der Waals surface area contributed by atoms with Gasteiger partial charge in [0.25, 0.3) is 0 Å². The van der Waals surface area contributed by atoms with Gasteiger partial charge in [-0.05, 0) is 24.3 Å². The molecular formula is C18H18Cl2N2O4. The molecular weight excluding hydrogens is 379 g/mol. The Labute approximate surface area is 161 Å². The number of benzene rings is 2. The molecule has 6 nitrogen and oxygen atoms in total. The van der Waals surface area contributed by atoms with Crippen LogP contribution in [0.15, 0.2) is 36.4 Å². The maximum Gasteiger partial charge on any atom is 0.244 e. The van der Waals surface area contributed by atoms with E-state index in [1.54, 1.807) is 36.4 Å². The normalized spacial score (nSPS) is 10.2. The molecule has 0 spiro atoms. The minimum atomic E-state index is -0.440. The van der Waals surface area contributed by atoms with Crippen molar-refractivity contribution in [2.24, 2.45) is 0 Å². The summed E-state index contributed by atoms with van der Waals surface area (Å²) in [6.07, 6.45) is 0. The van der Waals surface area contributed by atoms with E-state index in [1.807, 2.05) is 0 Å². The first kappa shape index (κ1) is 19.9. The number of anilines is 2. The van der Waals surface area contributed by atoms with Crippen LogP contribution in [0.4, 0.5) is 11.4 Å². The summed E-state index contributed by atoms with van der Waals surface area (Å²) >= 11 is 12.1. The highest BCUT2D eigenvalue weighted by Crippen LogP contribution is 2.32. The molecule has 8 heteroatoms. The number of nitrogens with one attached hydrogen (secondary N) is 1. The molecule has 0 bridgehead atoms. The van der Waals surface area contributed by atoms with Crippen LogP contribution in [0.3, 0.4) is 0 Å². The molecule has 0 unspecified atom stereocenters. The number of amides is 2. The van der Waals surface area contributed by atoms with Crippen molar-refractivity contribution in [1.82, 2.24) is 0 Å². The van der Waals surface area contributed by atoms with Gasteiger partial charge < -0.3 is 19.7 Å². The fourth-order valence-electron chi connectivity index (χ4n) is 2.32. The van der Waals surface area contributed by atoms with Crippen molar-refractivity contribution in [3.63, 3.8) is 0 Å². The van der Waals surface area contributed by atoms with Gasteiger partial charge in [0.1, 0.15) is 6.54 Å². The summed E-state index contributed by atoms with van der Waals surface area (Å²) in [5.41, 5.74) is 0.798. The molecule has 2 amide bonds. The molecule has 0 fully saturated rings. The van der Waals surface area contributed by atoms with E-state index < -0.39 is 5.91 Å². The average molecular weight is 397 g/mol. The fourth-order valence-corrected chi connectivity index (χ4v) is 2.81. The van der Waals surface area contributed by atoms with Crippen LogP contribution in [0.25, 0.3) is 0 Å². The van der Waals surface area contributed by atoms with Crippen molar-refractivity contribution >= 4 is 46.4 Å². The number of carbonyl (C=O) groups is 2. The molecule has 26 heavy (non-hydrogen) atoms. The molecule has 2 aromatic rings. The van der Waals surface area contributed by atoms with E-state index in [9.17, 15) is 9.59 Å². The van der Waals surface area contributed by atoms with E-state index in [0.29, 0.717) is 32.9 Å². The number of halogens is 2. The number of rotatable bonds is 6. The Kier molecular flexibility index (Phi) is 6.71. The Hall–Kier alpha value is -2.44. The first-order valence-corrected chi connectivity index (χ1v) is 8.37. The van der Waals surface area contributed by atoms with Crippen LogP contribution in [0.2, 0.25) is 10.0 Å². The first-order valence-electron chi connectivity index (χ1n) is 7.61. The van der Waals surface area contributed by atoms with Gasteiger partial charge in [-0.2, -0.15) is 0 Å². The van der Waals surface area contributed by atoms with Crippen LogP contribution < -0.4 is 19.7 Å². The van der Waals surface area contributed by atoms with Crippen LogP contribution >= 0.6 is 23.2 Å². The number of methoxy groups -OCH3 is 2. The molecule has 2 rings (SSSR count). The number of nitrogens with zero attached hydrogens (tertiary/aromatic N) is 1. The Morgan fingerprint density at radius 1 is 1.04 bits per heavy atom. The molecule has 0 saturated carbocycles. The smallest absolute Gasteiger partial charge is 0.244 e. The summed E-state index contributed by atoms with van der Waals surface area (Å²) in [6.45, 7) is 1.15. The number of para-hydroxylation sites is 1. The Balaban J connectivity index is 2.23. The minimum Gasteiger partial charge on any atom is -0.493 e. The largest absolute Gasteiger partial charge is 0.493 e. The second kappa shape index (κ2) is 8.78. The van der Waals surface area contributed by atoms with E-state index in [-0.39, 0.29) is 12.5 Å². The van der Waals surface area contributed by atoms with Gasteiger partial charge in [0.05, 0.1) is 30.0 Å². The van der Waals surface area contributed by atoms with Crippen molar-refractivity contribution < 1.29 is 19.1 Å². The van der Waals surface area contributed by atoms with E-state index in [2.05, 4.69) is 5.32 Å².